The van der Waals surface area contributed by atoms with Gasteiger partial charge in [0, 0.05) is 24.7 Å². The highest BCUT2D eigenvalue weighted by Crippen LogP contribution is 2.36. The summed E-state index contributed by atoms with van der Waals surface area (Å²) in [6, 6.07) is 4.68. The molecule has 5 nitrogen and oxygen atoms in total. The van der Waals surface area contributed by atoms with Gasteiger partial charge >= 0.3 is 0 Å². The minimum Gasteiger partial charge on any atom is -0.382 e. The second-order valence-electron chi connectivity index (χ2n) is 3.53. The molecule has 2 rings (SSSR count). The van der Waals surface area contributed by atoms with Crippen molar-refractivity contribution in [3.05, 3.63) is 38.3 Å². The third kappa shape index (κ3) is 1.64. The normalized spacial score (nSPS) is 18.3. The van der Waals surface area contributed by atoms with Crippen molar-refractivity contribution < 1.29 is 10.0 Å². The molecular weight excluding hydrogens is 264 g/mol. The van der Waals surface area contributed by atoms with Gasteiger partial charge in [0.25, 0.3) is 5.69 Å². The van der Waals surface area contributed by atoms with Crippen molar-refractivity contribution >= 4 is 21.6 Å². The molecule has 15 heavy (non-hydrogen) atoms. The smallest absolute Gasteiger partial charge is 0.283 e. The molecule has 0 saturated carbocycles. The predicted octanol–water partition coefficient (Wildman–Crippen LogP) is 1.15. The van der Waals surface area contributed by atoms with E-state index in [2.05, 4.69) is 21.2 Å². The first-order chi connectivity index (χ1) is 7.04. The molecule has 1 saturated heterocycles. The summed E-state index contributed by atoms with van der Waals surface area (Å²) in [6.07, 6.45) is 0. The van der Waals surface area contributed by atoms with Crippen LogP contribution < -0.4 is 5.32 Å². The molecule has 0 radical (unpaired) electrons. The van der Waals surface area contributed by atoms with E-state index in [1.807, 2.05) is 0 Å². The van der Waals surface area contributed by atoms with Gasteiger partial charge in [-0.15, -0.1) is 0 Å². The van der Waals surface area contributed by atoms with Crippen LogP contribution in [0.3, 0.4) is 0 Å². The van der Waals surface area contributed by atoms with Gasteiger partial charge in [-0.2, -0.15) is 0 Å². The number of hydrogen-bond acceptors (Lipinski definition) is 4. The van der Waals surface area contributed by atoms with Gasteiger partial charge in [0.1, 0.15) is 10.1 Å². The molecule has 1 aromatic rings. The SMILES string of the molecule is O=[N+]([O-])c1cccc(C2(O)CNC2)c1Br. The molecule has 80 valence electrons. The number of benzene rings is 1. The highest BCUT2D eigenvalue weighted by Gasteiger charge is 2.39. The summed E-state index contributed by atoms with van der Waals surface area (Å²) in [5.74, 6) is 0. The fraction of sp³-hybridized carbons (Fsp3) is 0.333. The van der Waals surface area contributed by atoms with Crippen LogP contribution in [0, 0.1) is 10.1 Å². The number of hydrogen-bond donors (Lipinski definition) is 2. The molecule has 6 heteroatoms. The molecule has 2 N–H and O–H groups in total. The Morgan fingerprint density at radius 2 is 2.20 bits per heavy atom. The van der Waals surface area contributed by atoms with Gasteiger partial charge in [-0.05, 0) is 15.9 Å². The molecule has 1 aliphatic rings. The Bertz CT molecular complexity index is 418. The van der Waals surface area contributed by atoms with Gasteiger partial charge < -0.3 is 10.4 Å². The summed E-state index contributed by atoms with van der Waals surface area (Å²) in [7, 11) is 0. The van der Waals surface area contributed by atoms with E-state index < -0.39 is 10.5 Å². The number of nitrogens with one attached hydrogen (secondary N) is 1. The molecule has 1 fully saturated rings. The van der Waals surface area contributed by atoms with Crippen LogP contribution in [0.1, 0.15) is 5.56 Å². The fourth-order valence-corrected chi connectivity index (χ4v) is 2.35. The van der Waals surface area contributed by atoms with Gasteiger partial charge in [-0.25, -0.2) is 0 Å². The molecule has 0 spiro atoms. The summed E-state index contributed by atoms with van der Waals surface area (Å²) in [5, 5.41) is 23.7. The molecule has 0 aromatic heterocycles. The topological polar surface area (TPSA) is 75.4 Å². The molecule has 0 aliphatic carbocycles. The van der Waals surface area contributed by atoms with Crippen molar-refractivity contribution in [2.24, 2.45) is 0 Å². The number of rotatable bonds is 2. The number of halogens is 1. The lowest BCUT2D eigenvalue weighted by Gasteiger charge is -2.38. The average molecular weight is 273 g/mol. The van der Waals surface area contributed by atoms with Crippen molar-refractivity contribution in [2.75, 3.05) is 13.1 Å². The molecule has 0 amide bonds. The lowest BCUT2D eigenvalue weighted by Crippen LogP contribution is -2.56. The van der Waals surface area contributed by atoms with Crippen LogP contribution in [0.5, 0.6) is 0 Å². The van der Waals surface area contributed by atoms with Gasteiger partial charge in [0.05, 0.1) is 4.92 Å². The highest BCUT2D eigenvalue weighted by atomic mass is 79.9. The summed E-state index contributed by atoms with van der Waals surface area (Å²) < 4.78 is 0.360. The minimum absolute atomic E-state index is 0.0205. The second kappa shape index (κ2) is 3.55. The van der Waals surface area contributed by atoms with Crippen molar-refractivity contribution in [1.29, 1.82) is 0 Å². The Balaban J connectivity index is 2.49. The summed E-state index contributed by atoms with van der Waals surface area (Å²) in [5.41, 5.74) is -0.437. The number of aliphatic hydroxyl groups is 1. The van der Waals surface area contributed by atoms with E-state index >= 15 is 0 Å². The number of nitrogens with zero attached hydrogens (tertiary/aromatic N) is 1. The summed E-state index contributed by atoms with van der Waals surface area (Å²) in [6.45, 7) is 0.847. The van der Waals surface area contributed by atoms with E-state index in [0.717, 1.165) is 0 Å². The van der Waals surface area contributed by atoms with Crippen LogP contribution in [-0.2, 0) is 5.60 Å². The Labute approximate surface area is 94.4 Å². The Kier molecular flexibility index (Phi) is 2.49. The number of nitro groups is 1. The Morgan fingerprint density at radius 3 is 2.67 bits per heavy atom. The van der Waals surface area contributed by atoms with Crippen LogP contribution in [0.15, 0.2) is 22.7 Å². The second-order valence-corrected chi connectivity index (χ2v) is 4.32. The predicted molar refractivity (Wildman–Crippen MR) is 57.6 cm³/mol. The first-order valence-corrected chi connectivity index (χ1v) is 5.20. The zero-order chi connectivity index (χ0) is 11.1. The van der Waals surface area contributed by atoms with E-state index in [-0.39, 0.29) is 5.69 Å². The number of nitro benzene ring substituents is 1. The molecule has 1 aliphatic heterocycles. The lowest BCUT2D eigenvalue weighted by atomic mass is 9.88. The van der Waals surface area contributed by atoms with Crippen LogP contribution in [0.4, 0.5) is 5.69 Å². The molecular formula is C9H9BrN2O3. The van der Waals surface area contributed by atoms with Gasteiger partial charge in [0.15, 0.2) is 0 Å². The molecule has 0 unspecified atom stereocenters. The molecule has 0 atom stereocenters. The van der Waals surface area contributed by atoms with Crippen molar-refractivity contribution in [2.45, 2.75) is 5.60 Å². The lowest BCUT2D eigenvalue weighted by molar-refractivity contribution is -0.385. The Hall–Kier alpha value is -0.980. The first-order valence-electron chi connectivity index (χ1n) is 4.41. The van der Waals surface area contributed by atoms with Crippen LogP contribution in [0.2, 0.25) is 0 Å². The molecule has 1 aromatic carbocycles. The molecule has 0 bridgehead atoms. The van der Waals surface area contributed by atoms with Crippen molar-refractivity contribution in [1.82, 2.24) is 5.32 Å². The van der Waals surface area contributed by atoms with E-state index in [1.165, 1.54) is 6.07 Å². The van der Waals surface area contributed by atoms with Gasteiger partial charge in [-0.1, -0.05) is 12.1 Å². The zero-order valence-corrected chi connectivity index (χ0v) is 9.32. The maximum atomic E-state index is 10.7. The Morgan fingerprint density at radius 1 is 1.53 bits per heavy atom. The number of β-amino-alcohol motifs (C(OH)–C–C–N with tert-alkyl or cyclic N) is 1. The molecule has 1 heterocycles. The summed E-state index contributed by atoms with van der Waals surface area (Å²) in [4.78, 5) is 10.2. The maximum absolute atomic E-state index is 10.7. The van der Waals surface area contributed by atoms with Gasteiger partial charge in [-0.3, -0.25) is 10.1 Å². The third-order valence-corrected chi connectivity index (χ3v) is 3.34. The van der Waals surface area contributed by atoms with E-state index in [1.54, 1.807) is 12.1 Å². The minimum atomic E-state index is -0.981. The van der Waals surface area contributed by atoms with E-state index in [0.29, 0.717) is 23.1 Å². The fourth-order valence-electron chi connectivity index (χ4n) is 1.57. The van der Waals surface area contributed by atoms with Crippen molar-refractivity contribution in [3.8, 4) is 0 Å². The third-order valence-electron chi connectivity index (χ3n) is 2.51. The zero-order valence-electron chi connectivity index (χ0n) is 7.74. The van der Waals surface area contributed by atoms with E-state index in [9.17, 15) is 15.2 Å². The van der Waals surface area contributed by atoms with Crippen LogP contribution in [-0.4, -0.2) is 23.1 Å². The first kappa shape index (κ1) is 10.5. The highest BCUT2D eigenvalue weighted by molar-refractivity contribution is 9.10. The largest absolute Gasteiger partial charge is 0.382 e. The quantitative estimate of drug-likeness (QED) is 0.626. The van der Waals surface area contributed by atoms with Crippen LogP contribution in [0.25, 0.3) is 0 Å². The average Bonchev–Trinajstić information content (AvgIpc) is 2.14. The van der Waals surface area contributed by atoms with Crippen molar-refractivity contribution in [3.63, 3.8) is 0 Å². The van der Waals surface area contributed by atoms with Gasteiger partial charge in [0.2, 0.25) is 0 Å². The summed E-state index contributed by atoms with van der Waals surface area (Å²) >= 11 is 3.16. The maximum Gasteiger partial charge on any atom is 0.283 e. The van der Waals surface area contributed by atoms with E-state index in [4.69, 9.17) is 0 Å². The standard InChI is InChI=1S/C9H9BrN2O3/c10-8-6(9(13)4-11-5-9)2-1-3-7(8)12(14)15/h1-3,11,13H,4-5H2. The van der Waals surface area contributed by atoms with Crippen LogP contribution >= 0.6 is 15.9 Å². The monoisotopic (exact) mass is 272 g/mol.